The molecule has 0 spiro atoms. The van der Waals surface area contributed by atoms with Crippen molar-refractivity contribution < 1.29 is 14.3 Å². The third kappa shape index (κ3) is 4.14. The van der Waals surface area contributed by atoms with E-state index < -0.39 is 6.09 Å². The zero-order valence-corrected chi connectivity index (χ0v) is 21.1. The number of carbonyl (C=O) groups is 2. The monoisotopic (exact) mass is 490 g/mol. The normalized spacial score (nSPS) is 15.7. The first-order valence-corrected chi connectivity index (χ1v) is 12.0. The number of fused-ring (bicyclic) bond motifs is 1. The number of amides is 2. The lowest BCUT2D eigenvalue weighted by molar-refractivity contribution is 0.0996. The predicted octanol–water partition coefficient (Wildman–Crippen LogP) is 3.11. The molecule has 36 heavy (non-hydrogen) atoms. The Morgan fingerprint density at radius 1 is 1.28 bits per heavy atom. The second-order valence-electron chi connectivity index (χ2n) is 9.78. The molecule has 0 radical (unpaired) electrons. The Labute approximate surface area is 209 Å². The van der Waals surface area contributed by atoms with Crippen molar-refractivity contribution in [3.63, 3.8) is 0 Å². The maximum absolute atomic E-state index is 13.6. The Morgan fingerprint density at radius 2 is 2.06 bits per heavy atom. The first kappa shape index (κ1) is 23.7. The minimum Gasteiger partial charge on any atom is -0.443 e. The molecule has 4 heterocycles. The summed E-state index contributed by atoms with van der Waals surface area (Å²) in [5.41, 5.74) is 2.48. The standard InChI is InChI=1S/C25H30N8O3/c1-15(2)31(5)21-11-16-17(19(29-21)13-36-24(35)26-4)12-32(23(16)34)20-8-6-7-18(28-20)22-30-27-14-33(22)25(3)9-10-25/h6-8,11,14-15H,9-10,12-13H2,1-5H3,(H,26,35). The number of anilines is 2. The number of carbonyl (C=O) groups excluding carboxylic acids is 2. The molecule has 5 rings (SSSR count). The quantitative estimate of drug-likeness (QED) is 0.537. The van der Waals surface area contributed by atoms with E-state index in [1.165, 1.54) is 7.05 Å². The molecule has 11 nitrogen and oxygen atoms in total. The lowest BCUT2D eigenvalue weighted by Gasteiger charge is -2.23. The van der Waals surface area contributed by atoms with Gasteiger partial charge in [0.05, 0.1) is 17.8 Å². The van der Waals surface area contributed by atoms with Crippen molar-refractivity contribution in [1.29, 1.82) is 0 Å². The van der Waals surface area contributed by atoms with E-state index in [4.69, 9.17) is 14.7 Å². The molecule has 0 aromatic carbocycles. The molecule has 0 bridgehead atoms. The Kier molecular flexibility index (Phi) is 5.85. The molecule has 188 valence electrons. The topological polar surface area (TPSA) is 118 Å². The summed E-state index contributed by atoms with van der Waals surface area (Å²) in [7, 11) is 3.42. The van der Waals surface area contributed by atoms with Gasteiger partial charge in [-0.1, -0.05) is 6.07 Å². The van der Waals surface area contributed by atoms with Crippen LogP contribution in [0, 0.1) is 0 Å². The molecule has 1 aliphatic carbocycles. The van der Waals surface area contributed by atoms with Gasteiger partial charge in [0.1, 0.15) is 30.3 Å². The molecule has 3 aromatic rings. The minimum absolute atomic E-state index is 0.0143. The molecule has 11 heteroatoms. The maximum atomic E-state index is 13.6. The summed E-state index contributed by atoms with van der Waals surface area (Å²) in [6.07, 6.45) is 3.32. The van der Waals surface area contributed by atoms with Crippen LogP contribution in [0.5, 0.6) is 0 Å². The second-order valence-corrected chi connectivity index (χ2v) is 9.78. The van der Waals surface area contributed by atoms with Crippen molar-refractivity contribution in [3.8, 4) is 11.5 Å². The fourth-order valence-corrected chi connectivity index (χ4v) is 4.23. The number of nitrogens with one attached hydrogen (secondary N) is 1. The van der Waals surface area contributed by atoms with Crippen LogP contribution in [0.2, 0.25) is 0 Å². The van der Waals surface area contributed by atoms with Crippen molar-refractivity contribution in [3.05, 3.63) is 47.4 Å². The van der Waals surface area contributed by atoms with Crippen LogP contribution in [0.25, 0.3) is 11.5 Å². The number of aromatic nitrogens is 5. The number of alkyl carbamates (subject to hydrolysis) is 1. The molecule has 3 aromatic heterocycles. The van der Waals surface area contributed by atoms with Gasteiger partial charge < -0.3 is 19.5 Å². The smallest absolute Gasteiger partial charge is 0.407 e. The van der Waals surface area contributed by atoms with Gasteiger partial charge in [-0.3, -0.25) is 9.69 Å². The zero-order chi connectivity index (χ0) is 25.6. The van der Waals surface area contributed by atoms with Gasteiger partial charge in [0.15, 0.2) is 5.82 Å². The predicted molar refractivity (Wildman–Crippen MR) is 134 cm³/mol. The van der Waals surface area contributed by atoms with Crippen LogP contribution in [-0.2, 0) is 23.4 Å². The summed E-state index contributed by atoms with van der Waals surface area (Å²) >= 11 is 0. The number of pyridine rings is 2. The van der Waals surface area contributed by atoms with Gasteiger partial charge in [-0.05, 0) is 51.8 Å². The van der Waals surface area contributed by atoms with E-state index in [9.17, 15) is 9.59 Å². The molecule has 0 saturated heterocycles. The van der Waals surface area contributed by atoms with E-state index in [0.717, 1.165) is 18.4 Å². The Morgan fingerprint density at radius 3 is 2.75 bits per heavy atom. The van der Waals surface area contributed by atoms with E-state index in [-0.39, 0.29) is 30.6 Å². The third-order valence-corrected chi connectivity index (χ3v) is 7.01. The first-order valence-electron chi connectivity index (χ1n) is 12.0. The summed E-state index contributed by atoms with van der Waals surface area (Å²) in [4.78, 5) is 38.5. The lowest BCUT2D eigenvalue weighted by Crippen LogP contribution is -2.27. The van der Waals surface area contributed by atoms with Gasteiger partial charge >= 0.3 is 6.09 Å². The molecule has 2 aliphatic rings. The molecule has 1 saturated carbocycles. The van der Waals surface area contributed by atoms with E-state index in [1.807, 2.05) is 44.0 Å². The van der Waals surface area contributed by atoms with Crippen LogP contribution in [0.3, 0.4) is 0 Å². The summed E-state index contributed by atoms with van der Waals surface area (Å²) in [5, 5.41) is 10.9. The highest BCUT2D eigenvalue weighted by atomic mass is 16.5. The summed E-state index contributed by atoms with van der Waals surface area (Å²) in [6, 6.07) is 7.52. The van der Waals surface area contributed by atoms with E-state index in [2.05, 4.69) is 27.0 Å². The molecular weight excluding hydrogens is 460 g/mol. The van der Waals surface area contributed by atoms with Gasteiger partial charge in [0.25, 0.3) is 5.91 Å². The van der Waals surface area contributed by atoms with Crippen molar-refractivity contribution in [2.45, 2.75) is 58.3 Å². The average molecular weight is 491 g/mol. The fourth-order valence-electron chi connectivity index (χ4n) is 4.23. The highest BCUT2D eigenvalue weighted by Gasteiger charge is 2.41. The molecular formula is C25H30N8O3. The Balaban J connectivity index is 1.50. The molecule has 1 aliphatic heterocycles. The fraction of sp³-hybridized carbons (Fsp3) is 0.440. The van der Waals surface area contributed by atoms with E-state index in [1.54, 1.807) is 17.3 Å². The SMILES string of the molecule is CNC(=O)OCc1nc(N(C)C(C)C)cc2c1CN(c1cccc(-c3nncn3C3(C)CC3)n1)C2=O. The van der Waals surface area contributed by atoms with Crippen LogP contribution in [-0.4, -0.2) is 56.9 Å². The molecule has 0 atom stereocenters. The number of rotatable bonds is 7. The van der Waals surface area contributed by atoms with E-state index in [0.29, 0.717) is 34.4 Å². The van der Waals surface area contributed by atoms with Crippen LogP contribution in [0.4, 0.5) is 16.4 Å². The minimum atomic E-state index is -0.558. The van der Waals surface area contributed by atoms with Crippen LogP contribution >= 0.6 is 0 Å². The van der Waals surface area contributed by atoms with Crippen molar-refractivity contribution in [1.82, 2.24) is 30.0 Å². The van der Waals surface area contributed by atoms with Crippen LogP contribution in [0.1, 0.15) is 55.2 Å². The van der Waals surface area contributed by atoms with Crippen molar-refractivity contribution in [2.75, 3.05) is 23.9 Å². The number of nitrogens with zero attached hydrogens (tertiary/aromatic N) is 7. The summed E-state index contributed by atoms with van der Waals surface area (Å²) < 4.78 is 7.36. The third-order valence-electron chi connectivity index (χ3n) is 7.01. The van der Waals surface area contributed by atoms with Crippen molar-refractivity contribution >= 4 is 23.6 Å². The van der Waals surface area contributed by atoms with Crippen LogP contribution < -0.4 is 15.1 Å². The summed E-state index contributed by atoms with van der Waals surface area (Å²) in [6.45, 7) is 6.49. The number of ether oxygens (including phenoxy) is 1. The van der Waals surface area contributed by atoms with Gasteiger partial charge in [0, 0.05) is 31.2 Å². The highest BCUT2D eigenvalue weighted by molar-refractivity contribution is 6.10. The molecule has 0 unspecified atom stereocenters. The largest absolute Gasteiger partial charge is 0.443 e. The average Bonchev–Trinajstić information content (AvgIpc) is 3.28. The van der Waals surface area contributed by atoms with Gasteiger partial charge in [-0.2, -0.15) is 0 Å². The van der Waals surface area contributed by atoms with Gasteiger partial charge in [0.2, 0.25) is 0 Å². The molecule has 1 N–H and O–H groups in total. The first-order chi connectivity index (χ1) is 17.2. The number of hydrogen-bond acceptors (Lipinski definition) is 8. The van der Waals surface area contributed by atoms with Crippen molar-refractivity contribution in [2.24, 2.45) is 0 Å². The zero-order valence-electron chi connectivity index (χ0n) is 21.1. The van der Waals surface area contributed by atoms with Crippen LogP contribution in [0.15, 0.2) is 30.6 Å². The molecule has 2 amide bonds. The summed E-state index contributed by atoms with van der Waals surface area (Å²) in [5.74, 6) is 1.67. The second kappa shape index (κ2) is 8.89. The Bertz CT molecular complexity index is 1330. The number of hydrogen-bond donors (Lipinski definition) is 1. The molecule has 1 fully saturated rings. The highest BCUT2D eigenvalue weighted by Crippen LogP contribution is 2.44. The lowest BCUT2D eigenvalue weighted by atomic mass is 10.1. The Hall–Kier alpha value is -4.02. The van der Waals surface area contributed by atoms with Gasteiger partial charge in [-0.25, -0.2) is 14.8 Å². The van der Waals surface area contributed by atoms with Gasteiger partial charge in [-0.15, -0.1) is 10.2 Å². The maximum Gasteiger partial charge on any atom is 0.407 e. The van der Waals surface area contributed by atoms with E-state index >= 15 is 0 Å².